The van der Waals surface area contributed by atoms with Crippen LogP contribution in [0.1, 0.15) is 0 Å². The van der Waals surface area contributed by atoms with Crippen molar-refractivity contribution in [3.8, 4) is 5.75 Å². The first-order valence-electron chi connectivity index (χ1n) is 6.02. The van der Waals surface area contributed by atoms with Gasteiger partial charge < -0.3 is 0 Å². The fourth-order valence-corrected chi connectivity index (χ4v) is 2.83. The van der Waals surface area contributed by atoms with Gasteiger partial charge in [0.1, 0.15) is 0 Å². The molecule has 3 rings (SSSR count). The molecule has 0 aromatic heterocycles. The first-order valence-corrected chi connectivity index (χ1v) is 7.20. The van der Waals surface area contributed by atoms with Crippen LogP contribution in [0.5, 0.6) is 5.75 Å². The topological polar surface area (TPSA) is 26.3 Å². The lowest BCUT2D eigenvalue weighted by molar-refractivity contribution is 0.517. The van der Waals surface area contributed by atoms with E-state index in [0.717, 1.165) is 10.8 Å². The second-order valence-electron chi connectivity index (χ2n) is 4.16. The minimum Gasteiger partial charge on any atom is -0.250 e. The van der Waals surface area contributed by atoms with E-state index in [1.807, 2.05) is 72.8 Å². The molecule has 0 amide bonds. The number of fused-ring (bicyclic) bond motifs is 1. The molecule has 0 aliphatic heterocycles. The summed E-state index contributed by atoms with van der Waals surface area (Å²) in [5, 5.41) is 2.76. The van der Waals surface area contributed by atoms with E-state index >= 15 is 0 Å². The standard InChI is InChI=1S/C16H12O2P/c17-19(14-9-2-1-3-10-14)18-16-12-6-8-13-7-4-5-11-15(13)16/h1-12H/q+1. The maximum Gasteiger partial charge on any atom is 0.597 e. The Labute approximate surface area is 112 Å². The van der Waals surface area contributed by atoms with E-state index in [2.05, 4.69) is 0 Å². The zero-order valence-electron chi connectivity index (χ0n) is 10.2. The largest absolute Gasteiger partial charge is 0.597 e. The van der Waals surface area contributed by atoms with Gasteiger partial charge >= 0.3 is 8.03 Å². The molecule has 3 aromatic carbocycles. The van der Waals surface area contributed by atoms with Crippen molar-refractivity contribution >= 4 is 24.1 Å². The molecule has 0 heterocycles. The quantitative estimate of drug-likeness (QED) is 0.662. The molecule has 0 saturated heterocycles. The van der Waals surface area contributed by atoms with Gasteiger partial charge in [0.05, 0.1) is 0 Å². The van der Waals surface area contributed by atoms with Gasteiger partial charge in [-0.2, -0.15) is 0 Å². The Morgan fingerprint density at radius 1 is 0.737 bits per heavy atom. The molecule has 0 aliphatic rings. The van der Waals surface area contributed by atoms with E-state index in [0.29, 0.717) is 11.1 Å². The number of benzene rings is 3. The lowest BCUT2D eigenvalue weighted by atomic mass is 10.1. The van der Waals surface area contributed by atoms with Crippen LogP contribution in [0.25, 0.3) is 10.8 Å². The van der Waals surface area contributed by atoms with Crippen molar-refractivity contribution in [3.63, 3.8) is 0 Å². The van der Waals surface area contributed by atoms with Gasteiger partial charge in [-0.3, -0.25) is 0 Å². The van der Waals surface area contributed by atoms with Crippen LogP contribution in [-0.2, 0) is 4.57 Å². The van der Waals surface area contributed by atoms with Crippen LogP contribution in [0.15, 0.2) is 72.8 Å². The Morgan fingerprint density at radius 2 is 1.42 bits per heavy atom. The molecule has 0 spiro atoms. The van der Waals surface area contributed by atoms with E-state index < -0.39 is 8.03 Å². The molecule has 0 fully saturated rings. The van der Waals surface area contributed by atoms with Gasteiger partial charge in [-0.15, -0.1) is 0 Å². The summed E-state index contributed by atoms with van der Waals surface area (Å²) < 4.78 is 17.8. The van der Waals surface area contributed by atoms with Crippen molar-refractivity contribution in [3.05, 3.63) is 72.8 Å². The van der Waals surface area contributed by atoms with Crippen molar-refractivity contribution in [2.45, 2.75) is 0 Å². The molecule has 3 heteroatoms. The summed E-state index contributed by atoms with van der Waals surface area (Å²) in [6, 6.07) is 22.9. The summed E-state index contributed by atoms with van der Waals surface area (Å²) in [6.45, 7) is 0. The second-order valence-corrected chi connectivity index (χ2v) is 5.37. The second kappa shape index (κ2) is 5.21. The predicted molar refractivity (Wildman–Crippen MR) is 78.3 cm³/mol. The lowest BCUT2D eigenvalue weighted by Crippen LogP contribution is -1.98. The lowest BCUT2D eigenvalue weighted by Gasteiger charge is -2.00. The smallest absolute Gasteiger partial charge is 0.250 e. The fraction of sp³-hybridized carbons (Fsp3) is 0. The zero-order chi connectivity index (χ0) is 13.1. The molecule has 0 N–H and O–H groups in total. The highest BCUT2D eigenvalue weighted by Gasteiger charge is 2.23. The van der Waals surface area contributed by atoms with Crippen LogP contribution in [-0.4, -0.2) is 0 Å². The van der Waals surface area contributed by atoms with Crippen LogP contribution in [0.3, 0.4) is 0 Å². The van der Waals surface area contributed by atoms with Crippen molar-refractivity contribution in [2.24, 2.45) is 0 Å². The minimum atomic E-state index is -1.88. The molecular formula is C16H12O2P+. The van der Waals surface area contributed by atoms with Crippen LogP contribution in [0.2, 0.25) is 0 Å². The molecule has 0 aliphatic carbocycles. The van der Waals surface area contributed by atoms with E-state index in [9.17, 15) is 4.57 Å². The summed E-state index contributed by atoms with van der Waals surface area (Å²) in [6.07, 6.45) is 0. The third-order valence-electron chi connectivity index (χ3n) is 2.90. The minimum absolute atomic E-state index is 0.656. The zero-order valence-corrected chi connectivity index (χ0v) is 11.1. The Morgan fingerprint density at radius 3 is 2.26 bits per heavy atom. The summed E-state index contributed by atoms with van der Waals surface area (Å²) >= 11 is 0. The van der Waals surface area contributed by atoms with Gasteiger partial charge in [-0.1, -0.05) is 54.6 Å². The molecule has 0 radical (unpaired) electrons. The molecule has 0 bridgehead atoms. The van der Waals surface area contributed by atoms with Crippen LogP contribution >= 0.6 is 8.03 Å². The van der Waals surface area contributed by atoms with E-state index in [1.165, 1.54) is 0 Å². The Balaban J connectivity index is 1.96. The fourth-order valence-electron chi connectivity index (χ4n) is 1.97. The van der Waals surface area contributed by atoms with Crippen LogP contribution in [0, 0.1) is 0 Å². The van der Waals surface area contributed by atoms with Crippen molar-refractivity contribution in [1.82, 2.24) is 0 Å². The summed E-state index contributed by atoms with van der Waals surface area (Å²) in [4.78, 5) is 0. The van der Waals surface area contributed by atoms with E-state index in [-0.39, 0.29) is 0 Å². The van der Waals surface area contributed by atoms with E-state index in [4.69, 9.17) is 4.52 Å². The van der Waals surface area contributed by atoms with Crippen molar-refractivity contribution < 1.29 is 9.09 Å². The molecule has 3 aromatic rings. The maximum atomic E-state index is 12.2. The molecule has 1 atom stereocenters. The van der Waals surface area contributed by atoms with Gasteiger partial charge in [0.2, 0.25) is 5.30 Å². The third-order valence-corrected chi connectivity index (χ3v) is 3.98. The van der Waals surface area contributed by atoms with Gasteiger partial charge in [0, 0.05) is 5.39 Å². The van der Waals surface area contributed by atoms with E-state index in [1.54, 1.807) is 0 Å². The number of rotatable bonds is 3. The SMILES string of the molecule is O=[P+](Oc1cccc2ccccc12)c1ccccc1. The van der Waals surface area contributed by atoms with Crippen LogP contribution < -0.4 is 9.83 Å². The average Bonchev–Trinajstić information content (AvgIpc) is 2.48. The van der Waals surface area contributed by atoms with Crippen LogP contribution in [0.4, 0.5) is 0 Å². The summed E-state index contributed by atoms with van der Waals surface area (Å²) in [5.41, 5.74) is 0. The molecule has 19 heavy (non-hydrogen) atoms. The molecule has 1 unspecified atom stereocenters. The van der Waals surface area contributed by atoms with Gasteiger partial charge in [0.15, 0.2) is 5.75 Å². The first-order chi connectivity index (χ1) is 9.34. The van der Waals surface area contributed by atoms with Gasteiger partial charge in [0.25, 0.3) is 0 Å². The molecular weight excluding hydrogens is 255 g/mol. The average molecular weight is 267 g/mol. The molecule has 92 valence electrons. The third kappa shape index (κ3) is 2.49. The maximum absolute atomic E-state index is 12.2. The van der Waals surface area contributed by atoms with Gasteiger partial charge in [-0.25, -0.2) is 4.52 Å². The number of hydrogen-bond acceptors (Lipinski definition) is 2. The summed E-state index contributed by atoms with van der Waals surface area (Å²) in [5.74, 6) is 0.656. The number of hydrogen-bond donors (Lipinski definition) is 0. The Bertz CT molecular complexity index is 718. The van der Waals surface area contributed by atoms with Crippen molar-refractivity contribution in [2.75, 3.05) is 0 Å². The highest BCUT2D eigenvalue weighted by molar-refractivity contribution is 7.48. The summed E-state index contributed by atoms with van der Waals surface area (Å²) in [7, 11) is -1.88. The van der Waals surface area contributed by atoms with Gasteiger partial charge in [-0.05, 0) is 28.2 Å². The van der Waals surface area contributed by atoms with Crippen molar-refractivity contribution in [1.29, 1.82) is 0 Å². The molecule has 2 nitrogen and oxygen atoms in total. The highest BCUT2D eigenvalue weighted by Crippen LogP contribution is 2.32. The monoisotopic (exact) mass is 267 g/mol. The first kappa shape index (κ1) is 11.9. The Kier molecular flexibility index (Phi) is 3.26. The normalized spacial score (nSPS) is 11.3. The Hall–Kier alpha value is -2.18. The molecule has 0 saturated carbocycles. The predicted octanol–water partition coefficient (Wildman–Crippen LogP) is 4.29. The highest BCUT2D eigenvalue weighted by atomic mass is 31.1.